The Balaban J connectivity index is 1.51. The molecule has 2 bridgehead atoms. The molecule has 0 unspecified atom stereocenters. The third kappa shape index (κ3) is 2.41. The van der Waals surface area contributed by atoms with Crippen molar-refractivity contribution in [1.82, 2.24) is 5.32 Å². The molecule has 2 fully saturated rings. The molecule has 2 aromatic rings. The van der Waals surface area contributed by atoms with Gasteiger partial charge >= 0.3 is 0 Å². The summed E-state index contributed by atoms with van der Waals surface area (Å²) in [7, 11) is 0. The number of nitrogens with one attached hydrogen (secondary N) is 2. The zero-order valence-corrected chi connectivity index (χ0v) is 13.2. The predicted molar refractivity (Wildman–Crippen MR) is 94.2 cm³/mol. The summed E-state index contributed by atoms with van der Waals surface area (Å²) < 4.78 is 0. The molecule has 3 N–H and O–H groups in total. The third-order valence-corrected chi connectivity index (χ3v) is 5.42. The molecular weight excluding hydrogens is 292 g/mol. The summed E-state index contributed by atoms with van der Waals surface area (Å²) in [6.07, 6.45) is 5.35. The van der Waals surface area contributed by atoms with E-state index >= 15 is 0 Å². The molecule has 0 amide bonds. The van der Waals surface area contributed by atoms with Gasteiger partial charge in [0.25, 0.3) is 0 Å². The van der Waals surface area contributed by atoms with E-state index in [2.05, 4.69) is 10.6 Å². The minimum atomic E-state index is 0.299. The van der Waals surface area contributed by atoms with Gasteiger partial charge in [0.15, 0.2) is 5.11 Å². The minimum Gasteiger partial charge on any atom is -0.507 e. The standard InChI is InChI=1S/C18H20N2OS/c21-17-6-2-3-13-14(17)4-1-5-15(13)19-18(22)20-16-10-11-7-8-12(16)9-11/h1-6,11-12,16,21H,7-10H2,(H2,19,20,22)/t11-,12-,16-/m1/s1. The molecule has 0 saturated heterocycles. The number of rotatable bonds is 2. The minimum absolute atomic E-state index is 0.299. The first-order chi connectivity index (χ1) is 10.7. The average Bonchev–Trinajstić information content (AvgIpc) is 3.11. The first kappa shape index (κ1) is 13.8. The van der Waals surface area contributed by atoms with Crippen LogP contribution in [0.15, 0.2) is 36.4 Å². The van der Waals surface area contributed by atoms with Crippen LogP contribution < -0.4 is 10.6 Å². The van der Waals surface area contributed by atoms with Gasteiger partial charge < -0.3 is 15.7 Å². The quantitative estimate of drug-likeness (QED) is 0.733. The number of hydrogen-bond donors (Lipinski definition) is 3. The second kappa shape index (κ2) is 5.43. The van der Waals surface area contributed by atoms with Gasteiger partial charge in [0.1, 0.15) is 5.75 Å². The Hall–Kier alpha value is -1.81. The highest BCUT2D eigenvalue weighted by atomic mass is 32.1. The van der Waals surface area contributed by atoms with Gasteiger partial charge in [-0.2, -0.15) is 0 Å². The van der Waals surface area contributed by atoms with Crippen molar-refractivity contribution >= 4 is 33.8 Å². The topological polar surface area (TPSA) is 44.3 Å². The lowest BCUT2D eigenvalue weighted by Gasteiger charge is -2.24. The molecule has 0 heterocycles. The van der Waals surface area contributed by atoms with Gasteiger partial charge in [0, 0.05) is 22.5 Å². The number of phenolic OH excluding ortho intramolecular Hbond substituents is 1. The van der Waals surface area contributed by atoms with Crippen molar-refractivity contribution in [3.8, 4) is 5.75 Å². The van der Waals surface area contributed by atoms with E-state index < -0.39 is 0 Å². The summed E-state index contributed by atoms with van der Waals surface area (Å²) in [5, 5.41) is 19.3. The third-order valence-electron chi connectivity index (χ3n) is 5.20. The summed E-state index contributed by atoms with van der Waals surface area (Å²) >= 11 is 5.50. The Kier molecular flexibility index (Phi) is 3.41. The van der Waals surface area contributed by atoms with E-state index in [1.54, 1.807) is 6.07 Å². The van der Waals surface area contributed by atoms with Crippen LogP contribution in [0.2, 0.25) is 0 Å². The smallest absolute Gasteiger partial charge is 0.171 e. The maximum absolute atomic E-state index is 9.95. The highest BCUT2D eigenvalue weighted by Crippen LogP contribution is 2.44. The van der Waals surface area contributed by atoms with Crippen molar-refractivity contribution in [3.05, 3.63) is 36.4 Å². The fourth-order valence-corrected chi connectivity index (χ4v) is 4.41. The Labute approximate surface area is 135 Å². The van der Waals surface area contributed by atoms with Crippen LogP contribution in [0.3, 0.4) is 0 Å². The van der Waals surface area contributed by atoms with E-state index in [1.807, 2.05) is 30.3 Å². The van der Waals surface area contributed by atoms with Crippen LogP contribution >= 0.6 is 12.2 Å². The van der Waals surface area contributed by atoms with E-state index in [1.165, 1.54) is 25.7 Å². The highest BCUT2D eigenvalue weighted by Gasteiger charge is 2.39. The first-order valence-corrected chi connectivity index (χ1v) is 8.40. The van der Waals surface area contributed by atoms with Crippen LogP contribution in [0.25, 0.3) is 10.8 Å². The fourth-order valence-electron chi connectivity index (χ4n) is 4.15. The summed E-state index contributed by atoms with van der Waals surface area (Å²) in [4.78, 5) is 0. The SMILES string of the molecule is Oc1cccc2c(NC(=S)N[C@@H]3C[C@@H]4CC[C@@H]3C4)cccc12. The molecule has 0 radical (unpaired) electrons. The monoisotopic (exact) mass is 312 g/mol. The molecule has 0 spiro atoms. The zero-order chi connectivity index (χ0) is 15.1. The molecule has 3 nitrogen and oxygen atoms in total. The number of hydrogen-bond acceptors (Lipinski definition) is 2. The lowest BCUT2D eigenvalue weighted by molar-refractivity contribution is 0.392. The van der Waals surface area contributed by atoms with Crippen LogP contribution in [0.4, 0.5) is 5.69 Å². The van der Waals surface area contributed by atoms with Gasteiger partial charge in [-0.3, -0.25) is 0 Å². The first-order valence-electron chi connectivity index (χ1n) is 7.99. The van der Waals surface area contributed by atoms with Gasteiger partial charge in [0.05, 0.1) is 0 Å². The number of aromatic hydroxyl groups is 1. The molecule has 22 heavy (non-hydrogen) atoms. The summed E-state index contributed by atoms with van der Waals surface area (Å²) in [6, 6.07) is 11.9. The van der Waals surface area contributed by atoms with Crippen molar-refractivity contribution in [3.63, 3.8) is 0 Å². The molecule has 0 aliphatic heterocycles. The average molecular weight is 312 g/mol. The van der Waals surface area contributed by atoms with E-state index in [-0.39, 0.29) is 0 Å². The second-order valence-corrected chi connectivity index (χ2v) is 6.97. The van der Waals surface area contributed by atoms with E-state index in [0.717, 1.165) is 28.3 Å². The van der Waals surface area contributed by atoms with Crippen molar-refractivity contribution in [2.75, 3.05) is 5.32 Å². The fraction of sp³-hybridized carbons (Fsp3) is 0.389. The number of anilines is 1. The maximum Gasteiger partial charge on any atom is 0.171 e. The van der Waals surface area contributed by atoms with Crippen LogP contribution in [0.5, 0.6) is 5.75 Å². The normalized spacial score (nSPS) is 26.3. The molecule has 2 aliphatic rings. The Morgan fingerprint density at radius 3 is 2.64 bits per heavy atom. The molecule has 2 aromatic carbocycles. The molecule has 4 rings (SSSR count). The maximum atomic E-state index is 9.95. The molecule has 4 heteroatoms. The Morgan fingerprint density at radius 1 is 1.05 bits per heavy atom. The van der Waals surface area contributed by atoms with Crippen LogP contribution in [-0.4, -0.2) is 16.3 Å². The van der Waals surface area contributed by atoms with Gasteiger partial charge in [-0.05, 0) is 55.4 Å². The molecule has 2 aliphatic carbocycles. The summed E-state index contributed by atoms with van der Waals surface area (Å²) in [5.41, 5.74) is 0.939. The summed E-state index contributed by atoms with van der Waals surface area (Å²) in [5.74, 6) is 1.99. The molecule has 3 atom stereocenters. The number of fused-ring (bicyclic) bond motifs is 3. The number of phenols is 1. The lowest BCUT2D eigenvalue weighted by Crippen LogP contribution is -2.40. The molecular formula is C18H20N2OS. The number of thiocarbonyl (C=S) groups is 1. The van der Waals surface area contributed by atoms with Gasteiger partial charge in [0.2, 0.25) is 0 Å². The van der Waals surface area contributed by atoms with Crippen LogP contribution in [0, 0.1) is 11.8 Å². The van der Waals surface area contributed by atoms with Crippen molar-refractivity contribution in [2.45, 2.75) is 31.7 Å². The predicted octanol–water partition coefficient (Wildman–Crippen LogP) is 4.02. The zero-order valence-electron chi connectivity index (χ0n) is 12.4. The van der Waals surface area contributed by atoms with Gasteiger partial charge in [-0.25, -0.2) is 0 Å². The van der Waals surface area contributed by atoms with E-state index in [0.29, 0.717) is 16.9 Å². The second-order valence-electron chi connectivity index (χ2n) is 6.56. The Bertz CT molecular complexity index is 730. The number of benzene rings is 2. The van der Waals surface area contributed by atoms with Gasteiger partial charge in [-0.1, -0.05) is 30.7 Å². The highest BCUT2D eigenvalue weighted by molar-refractivity contribution is 7.80. The largest absolute Gasteiger partial charge is 0.507 e. The van der Waals surface area contributed by atoms with Crippen molar-refractivity contribution in [1.29, 1.82) is 0 Å². The van der Waals surface area contributed by atoms with Crippen molar-refractivity contribution in [2.24, 2.45) is 11.8 Å². The molecule has 0 aromatic heterocycles. The van der Waals surface area contributed by atoms with Crippen LogP contribution in [0.1, 0.15) is 25.7 Å². The van der Waals surface area contributed by atoms with E-state index in [4.69, 9.17) is 12.2 Å². The lowest BCUT2D eigenvalue weighted by atomic mass is 9.95. The summed E-state index contributed by atoms with van der Waals surface area (Å²) in [6.45, 7) is 0. The Morgan fingerprint density at radius 2 is 1.86 bits per heavy atom. The van der Waals surface area contributed by atoms with Crippen molar-refractivity contribution < 1.29 is 5.11 Å². The van der Waals surface area contributed by atoms with E-state index in [9.17, 15) is 5.11 Å². The van der Waals surface area contributed by atoms with Crippen LogP contribution in [-0.2, 0) is 0 Å². The van der Waals surface area contributed by atoms with Gasteiger partial charge in [-0.15, -0.1) is 0 Å². The molecule has 114 valence electrons. The molecule has 2 saturated carbocycles.